The van der Waals surface area contributed by atoms with Crippen molar-refractivity contribution < 1.29 is 5.11 Å². The Bertz CT molecular complexity index is 292. The predicted octanol–water partition coefficient (Wildman–Crippen LogP) is 0.700. The van der Waals surface area contributed by atoms with Crippen molar-refractivity contribution in [3.8, 4) is 0 Å². The molecule has 1 rings (SSSR count). The third-order valence-electron chi connectivity index (χ3n) is 2.87. The molecule has 0 aliphatic carbocycles. The first kappa shape index (κ1) is 12.2. The van der Waals surface area contributed by atoms with Crippen molar-refractivity contribution in [3.05, 3.63) is 18.0 Å². The van der Waals surface area contributed by atoms with Crippen LogP contribution in [0.25, 0.3) is 0 Å². The van der Waals surface area contributed by atoms with Gasteiger partial charge in [-0.3, -0.25) is 4.68 Å². The standard InChI is InChI=1S/C11H21N3O/c1-3-5-11(8-12,9-15)7-10-4-6-14(2)13-10/h4,6,15H,3,5,7-9,12H2,1-2H3. The number of nitrogens with two attached hydrogens (primary N) is 1. The minimum atomic E-state index is -0.191. The molecule has 0 amide bonds. The maximum Gasteiger partial charge on any atom is 0.0631 e. The number of aromatic nitrogens is 2. The summed E-state index contributed by atoms with van der Waals surface area (Å²) in [6.45, 7) is 2.75. The van der Waals surface area contributed by atoms with E-state index in [1.54, 1.807) is 4.68 Å². The lowest BCUT2D eigenvalue weighted by Crippen LogP contribution is -2.36. The molecule has 4 nitrogen and oxygen atoms in total. The van der Waals surface area contributed by atoms with Crippen LogP contribution in [-0.4, -0.2) is 28.0 Å². The van der Waals surface area contributed by atoms with Gasteiger partial charge < -0.3 is 10.8 Å². The fourth-order valence-corrected chi connectivity index (χ4v) is 1.93. The fourth-order valence-electron chi connectivity index (χ4n) is 1.93. The first-order valence-electron chi connectivity index (χ1n) is 5.45. The third kappa shape index (κ3) is 3.04. The van der Waals surface area contributed by atoms with Crippen LogP contribution in [0.1, 0.15) is 25.5 Å². The molecule has 0 bridgehead atoms. The molecule has 0 saturated carbocycles. The molecule has 0 aliphatic heterocycles. The molecule has 0 aliphatic rings. The monoisotopic (exact) mass is 211 g/mol. The van der Waals surface area contributed by atoms with Crippen LogP contribution in [0.5, 0.6) is 0 Å². The number of aryl methyl sites for hydroxylation is 1. The second kappa shape index (κ2) is 5.28. The van der Waals surface area contributed by atoms with Crippen LogP contribution in [0.3, 0.4) is 0 Å². The number of rotatable bonds is 6. The average Bonchev–Trinajstić information content (AvgIpc) is 2.63. The van der Waals surface area contributed by atoms with Gasteiger partial charge in [0.2, 0.25) is 0 Å². The summed E-state index contributed by atoms with van der Waals surface area (Å²) in [5, 5.41) is 13.8. The SMILES string of the molecule is CCCC(CN)(CO)Cc1ccn(C)n1. The van der Waals surface area contributed by atoms with Gasteiger partial charge in [0.25, 0.3) is 0 Å². The van der Waals surface area contributed by atoms with E-state index in [9.17, 15) is 5.11 Å². The molecule has 1 aromatic heterocycles. The van der Waals surface area contributed by atoms with E-state index in [0.29, 0.717) is 6.54 Å². The first-order chi connectivity index (χ1) is 7.15. The Hall–Kier alpha value is -0.870. The highest BCUT2D eigenvalue weighted by Gasteiger charge is 2.28. The van der Waals surface area contributed by atoms with E-state index in [-0.39, 0.29) is 12.0 Å². The molecular weight excluding hydrogens is 190 g/mol. The molecular formula is C11H21N3O. The van der Waals surface area contributed by atoms with E-state index in [4.69, 9.17) is 5.73 Å². The number of nitrogens with zero attached hydrogens (tertiary/aromatic N) is 2. The summed E-state index contributed by atoms with van der Waals surface area (Å²) < 4.78 is 1.78. The van der Waals surface area contributed by atoms with E-state index in [2.05, 4.69) is 12.0 Å². The number of aliphatic hydroxyl groups excluding tert-OH is 1. The van der Waals surface area contributed by atoms with Crippen LogP contribution < -0.4 is 5.73 Å². The van der Waals surface area contributed by atoms with Gasteiger partial charge in [0.15, 0.2) is 0 Å². The van der Waals surface area contributed by atoms with Crippen LogP contribution in [-0.2, 0) is 13.5 Å². The van der Waals surface area contributed by atoms with Crippen molar-refractivity contribution in [3.63, 3.8) is 0 Å². The van der Waals surface area contributed by atoms with E-state index in [0.717, 1.165) is 25.0 Å². The minimum Gasteiger partial charge on any atom is -0.396 e. The van der Waals surface area contributed by atoms with E-state index in [1.165, 1.54) is 0 Å². The van der Waals surface area contributed by atoms with Crippen LogP contribution in [0.15, 0.2) is 12.3 Å². The van der Waals surface area contributed by atoms with Crippen molar-refractivity contribution in [2.45, 2.75) is 26.2 Å². The molecule has 1 unspecified atom stereocenters. The average molecular weight is 211 g/mol. The van der Waals surface area contributed by atoms with Gasteiger partial charge in [-0.25, -0.2) is 0 Å². The molecule has 1 aromatic rings. The predicted molar refractivity (Wildman–Crippen MR) is 60.4 cm³/mol. The van der Waals surface area contributed by atoms with Crippen molar-refractivity contribution in [2.75, 3.05) is 13.2 Å². The zero-order chi connectivity index (χ0) is 11.3. The van der Waals surface area contributed by atoms with Crippen molar-refractivity contribution in [2.24, 2.45) is 18.2 Å². The highest BCUT2D eigenvalue weighted by molar-refractivity contribution is 5.03. The molecule has 0 aromatic carbocycles. The minimum absolute atomic E-state index is 0.133. The zero-order valence-corrected chi connectivity index (χ0v) is 9.61. The van der Waals surface area contributed by atoms with Crippen molar-refractivity contribution in [1.29, 1.82) is 0 Å². The van der Waals surface area contributed by atoms with Gasteiger partial charge in [-0.1, -0.05) is 13.3 Å². The second-order valence-corrected chi connectivity index (χ2v) is 4.27. The zero-order valence-electron chi connectivity index (χ0n) is 9.61. The molecule has 0 fully saturated rings. The largest absolute Gasteiger partial charge is 0.396 e. The number of aliphatic hydroxyl groups is 1. The Labute approximate surface area is 91.1 Å². The first-order valence-corrected chi connectivity index (χ1v) is 5.45. The lowest BCUT2D eigenvalue weighted by molar-refractivity contribution is 0.120. The highest BCUT2D eigenvalue weighted by atomic mass is 16.3. The summed E-state index contributed by atoms with van der Waals surface area (Å²) in [6, 6.07) is 1.98. The maximum absolute atomic E-state index is 9.46. The Balaban J connectivity index is 2.73. The molecule has 86 valence electrons. The normalized spacial score (nSPS) is 15.2. The number of hydrogen-bond donors (Lipinski definition) is 2. The Morgan fingerprint density at radius 2 is 2.33 bits per heavy atom. The molecule has 15 heavy (non-hydrogen) atoms. The molecule has 1 atom stereocenters. The molecule has 4 heteroatoms. The number of hydrogen-bond acceptors (Lipinski definition) is 3. The lowest BCUT2D eigenvalue weighted by Gasteiger charge is -2.29. The van der Waals surface area contributed by atoms with Gasteiger partial charge >= 0.3 is 0 Å². The van der Waals surface area contributed by atoms with E-state index in [1.807, 2.05) is 19.3 Å². The fraction of sp³-hybridized carbons (Fsp3) is 0.727. The van der Waals surface area contributed by atoms with Crippen molar-refractivity contribution in [1.82, 2.24) is 9.78 Å². The van der Waals surface area contributed by atoms with Gasteiger partial charge in [0, 0.05) is 31.6 Å². The summed E-state index contributed by atoms with van der Waals surface area (Å²) in [6.07, 6.45) is 4.65. The molecule has 1 heterocycles. The Morgan fingerprint density at radius 1 is 1.60 bits per heavy atom. The molecule has 0 saturated heterocycles. The Kier molecular flexibility index (Phi) is 4.29. The summed E-state index contributed by atoms with van der Waals surface area (Å²) in [5.41, 5.74) is 6.58. The lowest BCUT2D eigenvalue weighted by atomic mass is 9.80. The quantitative estimate of drug-likeness (QED) is 0.728. The highest BCUT2D eigenvalue weighted by Crippen LogP contribution is 2.26. The van der Waals surface area contributed by atoms with E-state index < -0.39 is 0 Å². The topological polar surface area (TPSA) is 64.1 Å². The van der Waals surface area contributed by atoms with Crippen LogP contribution in [0.2, 0.25) is 0 Å². The van der Waals surface area contributed by atoms with Gasteiger partial charge in [0.1, 0.15) is 0 Å². The smallest absolute Gasteiger partial charge is 0.0631 e. The van der Waals surface area contributed by atoms with Crippen LogP contribution >= 0.6 is 0 Å². The maximum atomic E-state index is 9.46. The summed E-state index contributed by atoms with van der Waals surface area (Å²) in [7, 11) is 1.90. The van der Waals surface area contributed by atoms with Gasteiger partial charge in [-0.2, -0.15) is 5.10 Å². The van der Waals surface area contributed by atoms with Gasteiger partial charge in [0.05, 0.1) is 12.3 Å². The third-order valence-corrected chi connectivity index (χ3v) is 2.87. The van der Waals surface area contributed by atoms with Crippen LogP contribution in [0.4, 0.5) is 0 Å². The van der Waals surface area contributed by atoms with Crippen molar-refractivity contribution >= 4 is 0 Å². The van der Waals surface area contributed by atoms with Gasteiger partial charge in [-0.15, -0.1) is 0 Å². The summed E-state index contributed by atoms with van der Waals surface area (Å²) >= 11 is 0. The molecule has 3 N–H and O–H groups in total. The molecule has 0 spiro atoms. The second-order valence-electron chi connectivity index (χ2n) is 4.27. The van der Waals surface area contributed by atoms with E-state index >= 15 is 0 Å². The summed E-state index contributed by atoms with van der Waals surface area (Å²) in [5.74, 6) is 0. The van der Waals surface area contributed by atoms with Gasteiger partial charge in [-0.05, 0) is 12.5 Å². The molecule has 0 radical (unpaired) electrons. The van der Waals surface area contributed by atoms with Crippen LogP contribution in [0, 0.1) is 5.41 Å². The summed E-state index contributed by atoms with van der Waals surface area (Å²) in [4.78, 5) is 0. The Morgan fingerprint density at radius 3 is 2.73 bits per heavy atom.